The van der Waals surface area contributed by atoms with Gasteiger partial charge in [-0.15, -0.1) is 0 Å². The van der Waals surface area contributed by atoms with Crippen molar-refractivity contribution in [2.24, 2.45) is 5.92 Å². The van der Waals surface area contributed by atoms with E-state index in [1.807, 2.05) is 0 Å². The SMILES string of the molecule is CCCCCCCCOC(=O)C1=CCC(c2ccc(C3CCC(CCC)CC3)cc2)CC1. The Balaban J connectivity index is 1.39. The zero-order valence-electron chi connectivity index (χ0n) is 20.7. The molecule has 1 aromatic rings. The van der Waals surface area contributed by atoms with Crippen LogP contribution in [0.25, 0.3) is 0 Å². The Kier molecular flexibility index (Phi) is 10.9. The summed E-state index contributed by atoms with van der Waals surface area (Å²) in [6.07, 6.45) is 20.6. The van der Waals surface area contributed by atoms with E-state index in [2.05, 4.69) is 44.2 Å². The zero-order valence-corrected chi connectivity index (χ0v) is 20.7. The Hall–Kier alpha value is -1.57. The normalized spacial score (nSPS) is 23.6. The average Bonchev–Trinajstić information content (AvgIpc) is 2.84. The van der Waals surface area contributed by atoms with Gasteiger partial charge in [0.05, 0.1) is 6.61 Å². The molecule has 0 aromatic heterocycles. The molecule has 0 N–H and O–H groups in total. The minimum atomic E-state index is -0.0777. The number of ether oxygens (including phenoxy) is 1. The first-order valence-corrected chi connectivity index (χ1v) is 13.7. The number of carbonyl (C=O) groups excluding carboxylic acids is 1. The summed E-state index contributed by atoms with van der Waals surface area (Å²) >= 11 is 0. The number of benzene rings is 1. The molecular weight excluding hydrogens is 392 g/mol. The maximum atomic E-state index is 12.4. The second-order valence-corrected chi connectivity index (χ2v) is 10.3. The molecule has 0 aliphatic heterocycles. The molecule has 3 rings (SSSR count). The molecule has 0 saturated heterocycles. The molecule has 0 spiro atoms. The van der Waals surface area contributed by atoms with Gasteiger partial charge < -0.3 is 4.74 Å². The van der Waals surface area contributed by atoms with Crippen LogP contribution in [0.2, 0.25) is 0 Å². The second kappa shape index (κ2) is 13.9. The molecule has 0 bridgehead atoms. The smallest absolute Gasteiger partial charge is 0.333 e. The topological polar surface area (TPSA) is 26.3 Å². The van der Waals surface area contributed by atoms with Gasteiger partial charge in [0, 0.05) is 5.57 Å². The summed E-state index contributed by atoms with van der Waals surface area (Å²) in [5, 5.41) is 0. The molecule has 1 saturated carbocycles. The molecule has 1 aromatic carbocycles. The fraction of sp³-hybridized carbons (Fsp3) is 0.700. The standard InChI is InChI=1S/C30H46O2/c1-3-5-6-7-8-9-23-32-30(31)29-21-19-28(20-22-29)27-17-15-26(16-18-27)25-13-11-24(10-4-2)12-14-25/h15-18,21,24-25,28H,3-14,19-20,22-23H2,1-2H3. The first kappa shape index (κ1) is 25.1. The van der Waals surface area contributed by atoms with Gasteiger partial charge in [-0.1, -0.05) is 89.1 Å². The highest BCUT2D eigenvalue weighted by Gasteiger charge is 2.23. The molecule has 2 heteroatoms. The Morgan fingerprint density at radius 1 is 0.812 bits per heavy atom. The summed E-state index contributed by atoms with van der Waals surface area (Å²) in [7, 11) is 0. The predicted octanol–water partition coefficient (Wildman–Crippen LogP) is 8.86. The summed E-state index contributed by atoms with van der Waals surface area (Å²) in [4.78, 5) is 12.4. The molecule has 32 heavy (non-hydrogen) atoms. The van der Waals surface area contributed by atoms with Crippen LogP contribution in [0.4, 0.5) is 0 Å². The van der Waals surface area contributed by atoms with Crippen molar-refractivity contribution in [3.8, 4) is 0 Å². The minimum absolute atomic E-state index is 0.0777. The van der Waals surface area contributed by atoms with E-state index < -0.39 is 0 Å². The Bertz CT molecular complexity index is 694. The quantitative estimate of drug-likeness (QED) is 0.240. The van der Waals surface area contributed by atoms with Gasteiger partial charge >= 0.3 is 5.97 Å². The van der Waals surface area contributed by atoms with Gasteiger partial charge in [-0.2, -0.15) is 0 Å². The molecule has 1 unspecified atom stereocenters. The fourth-order valence-electron chi connectivity index (χ4n) is 5.70. The lowest BCUT2D eigenvalue weighted by Gasteiger charge is -2.29. The zero-order chi connectivity index (χ0) is 22.6. The number of esters is 1. The van der Waals surface area contributed by atoms with Crippen LogP contribution in [-0.4, -0.2) is 12.6 Å². The van der Waals surface area contributed by atoms with Crippen molar-refractivity contribution in [1.82, 2.24) is 0 Å². The molecule has 2 aliphatic carbocycles. The number of rotatable bonds is 12. The molecule has 178 valence electrons. The van der Waals surface area contributed by atoms with Crippen LogP contribution in [0.3, 0.4) is 0 Å². The van der Waals surface area contributed by atoms with E-state index in [9.17, 15) is 4.79 Å². The average molecular weight is 439 g/mol. The van der Waals surface area contributed by atoms with Gasteiger partial charge in [0.25, 0.3) is 0 Å². The molecule has 0 heterocycles. The van der Waals surface area contributed by atoms with Crippen LogP contribution >= 0.6 is 0 Å². The maximum Gasteiger partial charge on any atom is 0.333 e. The van der Waals surface area contributed by atoms with E-state index in [0.717, 1.165) is 43.1 Å². The van der Waals surface area contributed by atoms with Crippen LogP contribution < -0.4 is 0 Å². The van der Waals surface area contributed by atoms with Crippen molar-refractivity contribution in [2.75, 3.05) is 6.61 Å². The largest absolute Gasteiger partial charge is 0.462 e. The number of hydrogen-bond donors (Lipinski definition) is 0. The van der Waals surface area contributed by atoms with Crippen LogP contribution in [0, 0.1) is 5.92 Å². The predicted molar refractivity (Wildman–Crippen MR) is 135 cm³/mol. The van der Waals surface area contributed by atoms with Crippen LogP contribution in [-0.2, 0) is 9.53 Å². The second-order valence-electron chi connectivity index (χ2n) is 10.3. The highest BCUT2D eigenvalue weighted by atomic mass is 16.5. The Morgan fingerprint density at radius 2 is 1.47 bits per heavy atom. The molecular formula is C30H46O2. The number of allylic oxidation sites excluding steroid dienone is 1. The van der Waals surface area contributed by atoms with Gasteiger partial charge in [0.1, 0.15) is 0 Å². The van der Waals surface area contributed by atoms with E-state index in [0.29, 0.717) is 12.5 Å². The van der Waals surface area contributed by atoms with Crippen LogP contribution in [0.1, 0.15) is 133 Å². The van der Waals surface area contributed by atoms with E-state index in [1.165, 1.54) is 81.8 Å². The van der Waals surface area contributed by atoms with Crippen molar-refractivity contribution < 1.29 is 9.53 Å². The third-order valence-electron chi connectivity index (χ3n) is 7.83. The van der Waals surface area contributed by atoms with Crippen LogP contribution in [0.5, 0.6) is 0 Å². The molecule has 1 fully saturated rings. The number of hydrogen-bond acceptors (Lipinski definition) is 2. The minimum Gasteiger partial charge on any atom is -0.462 e. The van der Waals surface area contributed by atoms with Crippen molar-refractivity contribution in [3.05, 3.63) is 47.0 Å². The van der Waals surface area contributed by atoms with Crippen molar-refractivity contribution in [3.63, 3.8) is 0 Å². The molecule has 0 radical (unpaired) electrons. The van der Waals surface area contributed by atoms with Crippen molar-refractivity contribution in [1.29, 1.82) is 0 Å². The van der Waals surface area contributed by atoms with Crippen LogP contribution in [0.15, 0.2) is 35.9 Å². The fourth-order valence-corrected chi connectivity index (χ4v) is 5.70. The van der Waals surface area contributed by atoms with E-state index >= 15 is 0 Å². The third kappa shape index (κ3) is 7.78. The molecule has 1 atom stereocenters. The molecule has 2 nitrogen and oxygen atoms in total. The summed E-state index contributed by atoms with van der Waals surface area (Å²) in [6, 6.07) is 9.48. The van der Waals surface area contributed by atoms with Crippen molar-refractivity contribution in [2.45, 2.75) is 122 Å². The van der Waals surface area contributed by atoms with Gasteiger partial charge in [-0.05, 0) is 80.2 Å². The summed E-state index contributed by atoms with van der Waals surface area (Å²) in [5.41, 5.74) is 3.87. The van der Waals surface area contributed by atoms with E-state index in [1.54, 1.807) is 0 Å². The third-order valence-corrected chi connectivity index (χ3v) is 7.83. The van der Waals surface area contributed by atoms with Gasteiger partial charge in [0.15, 0.2) is 0 Å². The first-order valence-electron chi connectivity index (χ1n) is 13.7. The lowest BCUT2D eigenvalue weighted by molar-refractivity contribution is -0.139. The van der Waals surface area contributed by atoms with Crippen molar-refractivity contribution >= 4 is 5.97 Å². The molecule has 2 aliphatic rings. The Morgan fingerprint density at radius 3 is 2.09 bits per heavy atom. The first-order chi connectivity index (χ1) is 15.7. The maximum absolute atomic E-state index is 12.4. The van der Waals surface area contributed by atoms with Gasteiger partial charge in [-0.3, -0.25) is 0 Å². The number of carbonyl (C=O) groups is 1. The summed E-state index contributed by atoms with van der Waals surface area (Å²) < 4.78 is 5.53. The number of unbranched alkanes of at least 4 members (excludes halogenated alkanes) is 5. The monoisotopic (exact) mass is 438 g/mol. The highest BCUT2D eigenvalue weighted by Crippen LogP contribution is 2.39. The van der Waals surface area contributed by atoms with Gasteiger partial charge in [0.2, 0.25) is 0 Å². The van der Waals surface area contributed by atoms with Gasteiger partial charge in [-0.25, -0.2) is 4.79 Å². The van der Waals surface area contributed by atoms with E-state index in [-0.39, 0.29) is 5.97 Å². The van der Waals surface area contributed by atoms with E-state index in [4.69, 9.17) is 4.74 Å². The Labute approximate surface area is 197 Å². The summed E-state index contributed by atoms with van der Waals surface area (Å²) in [6.45, 7) is 5.13. The summed E-state index contributed by atoms with van der Waals surface area (Å²) in [5.74, 6) is 2.19. The molecule has 0 amide bonds. The lowest BCUT2D eigenvalue weighted by atomic mass is 9.76. The highest BCUT2D eigenvalue weighted by molar-refractivity contribution is 5.88. The lowest BCUT2D eigenvalue weighted by Crippen LogP contribution is -2.14.